The minimum Gasteiger partial charge on any atom is -0.448 e. The SMILES string of the molecule is CC1CCCC(N)C1C(=O)NCCOC(N)=O. The van der Waals surface area contributed by atoms with Crippen LogP contribution >= 0.6 is 0 Å². The van der Waals surface area contributed by atoms with Crippen molar-refractivity contribution in [1.29, 1.82) is 0 Å². The quantitative estimate of drug-likeness (QED) is 0.602. The molecule has 3 unspecified atom stereocenters. The van der Waals surface area contributed by atoms with E-state index in [4.69, 9.17) is 11.5 Å². The fraction of sp³-hybridized carbons (Fsp3) is 0.818. The summed E-state index contributed by atoms with van der Waals surface area (Å²) in [5, 5.41) is 2.72. The van der Waals surface area contributed by atoms with Gasteiger partial charge in [0, 0.05) is 6.04 Å². The van der Waals surface area contributed by atoms with E-state index in [1.165, 1.54) is 0 Å². The molecule has 3 atom stereocenters. The highest BCUT2D eigenvalue weighted by Gasteiger charge is 2.33. The summed E-state index contributed by atoms with van der Waals surface area (Å²) in [6.07, 6.45) is 2.17. The lowest BCUT2D eigenvalue weighted by Gasteiger charge is -2.33. The second kappa shape index (κ2) is 6.44. The van der Waals surface area contributed by atoms with Crippen molar-refractivity contribution in [2.24, 2.45) is 23.3 Å². The minimum atomic E-state index is -0.831. The van der Waals surface area contributed by atoms with Gasteiger partial charge >= 0.3 is 6.09 Å². The molecule has 5 N–H and O–H groups in total. The third-order valence-corrected chi connectivity index (χ3v) is 3.22. The van der Waals surface area contributed by atoms with E-state index in [1.807, 2.05) is 6.92 Å². The maximum atomic E-state index is 11.9. The highest BCUT2D eigenvalue weighted by Crippen LogP contribution is 2.28. The number of rotatable bonds is 4. The van der Waals surface area contributed by atoms with Crippen molar-refractivity contribution in [3.63, 3.8) is 0 Å². The monoisotopic (exact) mass is 243 g/mol. The van der Waals surface area contributed by atoms with Crippen molar-refractivity contribution in [1.82, 2.24) is 5.32 Å². The molecule has 6 heteroatoms. The number of carbonyl (C=O) groups is 2. The zero-order valence-corrected chi connectivity index (χ0v) is 10.1. The largest absolute Gasteiger partial charge is 0.448 e. The molecule has 17 heavy (non-hydrogen) atoms. The molecule has 0 heterocycles. The Bertz CT molecular complexity index is 273. The number of amides is 2. The van der Waals surface area contributed by atoms with Crippen LogP contribution in [0.25, 0.3) is 0 Å². The Morgan fingerprint density at radius 2 is 2.12 bits per heavy atom. The molecule has 2 amide bonds. The number of ether oxygens (including phenoxy) is 1. The Labute approximate surface area is 101 Å². The van der Waals surface area contributed by atoms with Gasteiger partial charge in [-0.2, -0.15) is 0 Å². The first-order valence-electron chi connectivity index (χ1n) is 5.98. The lowest BCUT2D eigenvalue weighted by Crippen LogP contribution is -2.48. The van der Waals surface area contributed by atoms with E-state index in [-0.39, 0.29) is 31.0 Å². The van der Waals surface area contributed by atoms with Gasteiger partial charge in [-0.25, -0.2) is 4.79 Å². The van der Waals surface area contributed by atoms with Crippen LogP contribution < -0.4 is 16.8 Å². The predicted octanol–water partition coefficient (Wildman–Crippen LogP) is -0.0386. The zero-order chi connectivity index (χ0) is 12.8. The molecule has 0 radical (unpaired) electrons. The second-order valence-electron chi connectivity index (χ2n) is 4.56. The van der Waals surface area contributed by atoms with Crippen molar-refractivity contribution in [2.75, 3.05) is 13.2 Å². The summed E-state index contributed by atoms with van der Waals surface area (Å²) in [6, 6.07) is -0.0733. The van der Waals surface area contributed by atoms with Gasteiger partial charge in [0.2, 0.25) is 5.91 Å². The molecule has 0 saturated heterocycles. The number of hydrogen-bond acceptors (Lipinski definition) is 4. The number of nitrogens with one attached hydrogen (secondary N) is 1. The molecule has 1 aliphatic carbocycles. The van der Waals surface area contributed by atoms with Crippen LogP contribution in [0.4, 0.5) is 4.79 Å². The number of nitrogens with two attached hydrogens (primary N) is 2. The smallest absolute Gasteiger partial charge is 0.404 e. The van der Waals surface area contributed by atoms with E-state index in [2.05, 4.69) is 10.1 Å². The van der Waals surface area contributed by atoms with Crippen LogP contribution in [0.2, 0.25) is 0 Å². The van der Waals surface area contributed by atoms with E-state index in [0.29, 0.717) is 5.92 Å². The summed E-state index contributed by atoms with van der Waals surface area (Å²) in [5.74, 6) is 0.103. The van der Waals surface area contributed by atoms with Crippen LogP contribution in [0.1, 0.15) is 26.2 Å². The predicted molar refractivity (Wildman–Crippen MR) is 63.0 cm³/mol. The highest BCUT2D eigenvalue weighted by molar-refractivity contribution is 5.79. The van der Waals surface area contributed by atoms with Gasteiger partial charge in [0.15, 0.2) is 0 Å². The Kier molecular flexibility index (Phi) is 5.21. The van der Waals surface area contributed by atoms with Gasteiger partial charge < -0.3 is 21.5 Å². The molecule has 1 saturated carbocycles. The van der Waals surface area contributed by atoms with E-state index >= 15 is 0 Å². The number of hydrogen-bond donors (Lipinski definition) is 3. The molecular formula is C11H21N3O3. The first-order valence-corrected chi connectivity index (χ1v) is 5.98. The van der Waals surface area contributed by atoms with E-state index in [9.17, 15) is 9.59 Å². The molecule has 0 aliphatic heterocycles. The van der Waals surface area contributed by atoms with Gasteiger partial charge in [-0.15, -0.1) is 0 Å². The molecule has 1 aliphatic rings. The van der Waals surface area contributed by atoms with Crippen LogP contribution in [0.15, 0.2) is 0 Å². The fourth-order valence-corrected chi connectivity index (χ4v) is 2.35. The molecule has 1 fully saturated rings. The summed E-state index contributed by atoms with van der Waals surface area (Å²) in [7, 11) is 0. The van der Waals surface area contributed by atoms with Gasteiger partial charge in [-0.1, -0.05) is 13.3 Å². The van der Waals surface area contributed by atoms with Crippen LogP contribution in [-0.4, -0.2) is 31.2 Å². The summed E-state index contributed by atoms with van der Waals surface area (Å²) in [5.41, 5.74) is 10.8. The molecule has 0 aromatic carbocycles. The summed E-state index contributed by atoms with van der Waals surface area (Å²) < 4.78 is 4.53. The molecule has 0 aromatic rings. The van der Waals surface area contributed by atoms with Crippen LogP contribution in [0.3, 0.4) is 0 Å². The molecular weight excluding hydrogens is 222 g/mol. The molecule has 98 valence electrons. The third kappa shape index (κ3) is 4.22. The summed E-state index contributed by atoms with van der Waals surface area (Å²) >= 11 is 0. The van der Waals surface area contributed by atoms with E-state index in [0.717, 1.165) is 19.3 Å². The normalized spacial score (nSPS) is 28.5. The van der Waals surface area contributed by atoms with Gasteiger partial charge in [0.25, 0.3) is 0 Å². The first-order chi connectivity index (χ1) is 8.02. The van der Waals surface area contributed by atoms with Crippen molar-refractivity contribution >= 4 is 12.0 Å². The first kappa shape index (κ1) is 13.8. The molecule has 1 rings (SSSR count). The minimum absolute atomic E-state index is 0.0576. The van der Waals surface area contributed by atoms with Crippen LogP contribution in [0.5, 0.6) is 0 Å². The Hall–Kier alpha value is -1.30. The van der Waals surface area contributed by atoms with Gasteiger partial charge in [0.1, 0.15) is 6.61 Å². The third-order valence-electron chi connectivity index (χ3n) is 3.22. The lowest BCUT2D eigenvalue weighted by atomic mass is 9.76. The average molecular weight is 243 g/mol. The van der Waals surface area contributed by atoms with Crippen molar-refractivity contribution < 1.29 is 14.3 Å². The Morgan fingerprint density at radius 3 is 2.71 bits per heavy atom. The van der Waals surface area contributed by atoms with E-state index < -0.39 is 6.09 Å². The van der Waals surface area contributed by atoms with Gasteiger partial charge in [-0.05, 0) is 18.8 Å². The van der Waals surface area contributed by atoms with Crippen molar-refractivity contribution in [2.45, 2.75) is 32.2 Å². The maximum absolute atomic E-state index is 11.9. The van der Waals surface area contributed by atoms with E-state index in [1.54, 1.807) is 0 Å². The maximum Gasteiger partial charge on any atom is 0.404 e. The molecule has 0 spiro atoms. The molecule has 0 aromatic heterocycles. The number of primary amides is 1. The van der Waals surface area contributed by atoms with Gasteiger partial charge in [0.05, 0.1) is 12.5 Å². The van der Waals surface area contributed by atoms with Crippen LogP contribution in [-0.2, 0) is 9.53 Å². The molecule has 6 nitrogen and oxygen atoms in total. The highest BCUT2D eigenvalue weighted by atomic mass is 16.5. The molecule has 0 bridgehead atoms. The van der Waals surface area contributed by atoms with Crippen molar-refractivity contribution in [3.8, 4) is 0 Å². The van der Waals surface area contributed by atoms with Crippen molar-refractivity contribution in [3.05, 3.63) is 0 Å². The number of carbonyl (C=O) groups excluding carboxylic acids is 2. The lowest BCUT2D eigenvalue weighted by molar-refractivity contribution is -0.128. The fourth-order valence-electron chi connectivity index (χ4n) is 2.35. The van der Waals surface area contributed by atoms with Crippen LogP contribution in [0, 0.1) is 11.8 Å². The summed E-state index contributed by atoms with van der Waals surface area (Å²) in [6.45, 7) is 2.41. The Morgan fingerprint density at radius 1 is 1.41 bits per heavy atom. The summed E-state index contributed by atoms with van der Waals surface area (Å²) in [4.78, 5) is 22.2. The zero-order valence-electron chi connectivity index (χ0n) is 10.1. The standard InChI is InChI=1S/C11H21N3O3/c1-7-3-2-4-8(12)9(7)10(15)14-5-6-17-11(13)16/h7-9H,2-6,12H2,1H3,(H2,13,16)(H,14,15). The topological polar surface area (TPSA) is 107 Å². The second-order valence-corrected chi connectivity index (χ2v) is 4.56. The average Bonchev–Trinajstić information content (AvgIpc) is 2.24. The van der Waals surface area contributed by atoms with Gasteiger partial charge in [-0.3, -0.25) is 4.79 Å². The Balaban J connectivity index is 2.32.